The average Bonchev–Trinajstić information content (AvgIpc) is 2.45. The molecule has 106 valence electrons. The van der Waals surface area contributed by atoms with Crippen molar-refractivity contribution in [3.8, 4) is 5.75 Å². The zero-order chi connectivity index (χ0) is 13.5. The van der Waals surface area contributed by atoms with E-state index in [1.807, 2.05) is 30.3 Å². The largest absolute Gasteiger partial charge is 0.494 e. The maximum Gasteiger partial charge on any atom is 0.119 e. The van der Waals surface area contributed by atoms with Crippen LogP contribution >= 0.6 is 15.9 Å². The second kappa shape index (κ2) is 7.91. The summed E-state index contributed by atoms with van der Waals surface area (Å²) in [6.45, 7) is 1.91. The van der Waals surface area contributed by atoms with Gasteiger partial charge in [-0.3, -0.25) is 0 Å². The second-order valence-electron chi connectivity index (χ2n) is 5.36. The van der Waals surface area contributed by atoms with E-state index in [0.717, 1.165) is 25.3 Å². The lowest BCUT2D eigenvalue weighted by molar-refractivity contribution is 0.184. The van der Waals surface area contributed by atoms with E-state index >= 15 is 0 Å². The van der Waals surface area contributed by atoms with Gasteiger partial charge in [0, 0.05) is 17.4 Å². The van der Waals surface area contributed by atoms with Gasteiger partial charge in [-0.05, 0) is 38.4 Å². The summed E-state index contributed by atoms with van der Waals surface area (Å²) in [5.74, 6) is 0.973. The Hall–Kier alpha value is -0.540. The summed E-state index contributed by atoms with van der Waals surface area (Å²) in [7, 11) is 2.24. The molecule has 0 aliphatic heterocycles. The number of alkyl halides is 1. The molecule has 1 aliphatic carbocycles. The first-order chi connectivity index (χ1) is 9.27. The molecule has 2 nitrogen and oxygen atoms in total. The third kappa shape index (κ3) is 4.81. The van der Waals surface area contributed by atoms with E-state index in [1.165, 1.54) is 25.7 Å². The van der Waals surface area contributed by atoms with Gasteiger partial charge in [0.25, 0.3) is 0 Å². The van der Waals surface area contributed by atoms with Crippen molar-refractivity contribution >= 4 is 15.9 Å². The standard InChI is InChI=1S/C16H24BrNO/c1-18(16-11-6-5-10-15(16)17)12-7-13-19-14-8-3-2-4-9-14/h2-4,8-9,15-16H,5-7,10-13H2,1H3. The number of benzene rings is 1. The van der Waals surface area contributed by atoms with Gasteiger partial charge in [0.15, 0.2) is 0 Å². The molecule has 1 aromatic rings. The summed E-state index contributed by atoms with van der Waals surface area (Å²) in [5.41, 5.74) is 0. The fourth-order valence-electron chi connectivity index (χ4n) is 2.75. The molecule has 0 N–H and O–H groups in total. The zero-order valence-electron chi connectivity index (χ0n) is 11.7. The molecule has 1 saturated carbocycles. The van der Waals surface area contributed by atoms with Crippen LogP contribution in [0.1, 0.15) is 32.1 Å². The number of halogens is 1. The summed E-state index contributed by atoms with van der Waals surface area (Å²) < 4.78 is 5.73. The number of hydrogen-bond donors (Lipinski definition) is 0. The van der Waals surface area contributed by atoms with Gasteiger partial charge in [-0.25, -0.2) is 0 Å². The quantitative estimate of drug-likeness (QED) is 0.577. The summed E-state index contributed by atoms with van der Waals surface area (Å²) in [6.07, 6.45) is 6.47. The van der Waals surface area contributed by atoms with Crippen LogP contribution in [0.3, 0.4) is 0 Å². The number of nitrogens with zero attached hydrogens (tertiary/aromatic N) is 1. The van der Waals surface area contributed by atoms with Crippen molar-refractivity contribution in [2.45, 2.75) is 43.0 Å². The first-order valence-corrected chi connectivity index (χ1v) is 8.21. The highest BCUT2D eigenvalue weighted by atomic mass is 79.9. The SMILES string of the molecule is CN(CCCOc1ccccc1)C1CCCCC1Br. The third-order valence-electron chi connectivity index (χ3n) is 3.88. The van der Waals surface area contributed by atoms with Crippen molar-refractivity contribution in [3.63, 3.8) is 0 Å². The number of rotatable bonds is 6. The first kappa shape index (κ1) is 14.9. The minimum absolute atomic E-state index is 0.668. The summed E-state index contributed by atoms with van der Waals surface area (Å²) in [4.78, 5) is 3.16. The van der Waals surface area contributed by atoms with Crippen LogP contribution in [0.15, 0.2) is 30.3 Å². The molecule has 19 heavy (non-hydrogen) atoms. The van der Waals surface area contributed by atoms with Crippen LogP contribution in [-0.2, 0) is 0 Å². The number of para-hydroxylation sites is 1. The molecular formula is C16H24BrNO. The molecule has 0 bridgehead atoms. The van der Waals surface area contributed by atoms with Gasteiger partial charge >= 0.3 is 0 Å². The van der Waals surface area contributed by atoms with Crippen LogP contribution in [0.25, 0.3) is 0 Å². The van der Waals surface area contributed by atoms with Crippen molar-refractivity contribution < 1.29 is 4.74 Å². The van der Waals surface area contributed by atoms with Gasteiger partial charge in [-0.1, -0.05) is 47.0 Å². The maximum atomic E-state index is 5.73. The molecule has 0 heterocycles. The Morgan fingerprint density at radius 2 is 1.95 bits per heavy atom. The van der Waals surface area contributed by atoms with Crippen molar-refractivity contribution in [1.82, 2.24) is 4.90 Å². The Kier molecular flexibility index (Phi) is 6.18. The molecule has 1 fully saturated rings. The topological polar surface area (TPSA) is 12.5 Å². The second-order valence-corrected chi connectivity index (χ2v) is 6.54. The summed E-state index contributed by atoms with van der Waals surface area (Å²) >= 11 is 3.83. The third-order valence-corrected chi connectivity index (χ3v) is 4.95. The van der Waals surface area contributed by atoms with E-state index in [2.05, 4.69) is 27.9 Å². The van der Waals surface area contributed by atoms with Gasteiger partial charge in [0.1, 0.15) is 5.75 Å². The van der Waals surface area contributed by atoms with Crippen LogP contribution in [0.5, 0.6) is 5.75 Å². The molecule has 0 radical (unpaired) electrons. The molecule has 2 atom stereocenters. The van der Waals surface area contributed by atoms with E-state index in [1.54, 1.807) is 0 Å². The van der Waals surface area contributed by atoms with Crippen LogP contribution in [-0.4, -0.2) is 36.0 Å². The highest BCUT2D eigenvalue weighted by Gasteiger charge is 2.25. The summed E-state index contributed by atoms with van der Waals surface area (Å²) in [5, 5.41) is 0. The average molecular weight is 326 g/mol. The Morgan fingerprint density at radius 3 is 2.68 bits per heavy atom. The normalized spacial score (nSPS) is 23.5. The van der Waals surface area contributed by atoms with E-state index in [-0.39, 0.29) is 0 Å². The van der Waals surface area contributed by atoms with E-state index in [4.69, 9.17) is 4.74 Å². The van der Waals surface area contributed by atoms with Gasteiger partial charge in [0.2, 0.25) is 0 Å². The summed E-state index contributed by atoms with van der Waals surface area (Å²) in [6, 6.07) is 10.8. The molecule has 1 aromatic carbocycles. The molecule has 0 saturated heterocycles. The predicted molar refractivity (Wildman–Crippen MR) is 84.2 cm³/mol. The number of ether oxygens (including phenoxy) is 1. The molecule has 1 aliphatic rings. The lowest BCUT2D eigenvalue weighted by Crippen LogP contribution is -2.41. The van der Waals surface area contributed by atoms with Gasteiger partial charge in [-0.2, -0.15) is 0 Å². The van der Waals surface area contributed by atoms with Gasteiger partial charge in [-0.15, -0.1) is 0 Å². The minimum atomic E-state index is 0.668. The smallest absolute Gasteiger partial charge is 0.119 e. The number of hydrogen-bond acceptors (Lipinski definition) is 2. The molecule has 0 aromatic heterocycles. The molecular weight excluding hydrogens is 302 g/mol. The first-order valence-electron chi connectivity index (χ1n) is 7.29. The maximum absolute atomic E-state index is 5.73. The van der Waals surface area contributed by atoms with Crippen molar-refractivity contribution in [2.75, 3.05) is 20.2 Å². The van der Waals surface area contributed by atoms with E-state index < -0.39 is 0 Å². The van der Waals surface area contributed by atoms with Gasteiger partial charge in [0.05, 0.1) is 6.61 Å². The Morgan fingerprint density at radius 1 is 1.21 bits per heavy atom. The van der Waals surface area contributed by atoms with Crippen LogP contribution < -0.4 is 4.74 Å². The Labute approximate surface area is 125 Å². The Bertz CT molecular complexity index is 357. The van der Waals surface area contributed by atoms with Crippen molar-refractivity contribution in [2.24, 2.45) is 0 Å². The highest BCUT2D eigenvalue weighted by molar-refractivity contribution is 9.09. The lowest BCUT2D eigenvalue weighted by atomic mass is 9.94. The fourth-order valence-corrected chi connectivity index (χ4v) is 3.74. The van der Waals surface area contributed by atoms with Crippen LogP contribution in [0.2, 0.25) is 0 Å². The fraction of sp³-hybridized carbons (Fsp3) is 0.625. The monoisotopic (exact) mass is 325 g/mol. The van der Waals surface area contributed by atoms with Gasteiger partial charge < -0.3 is 9.64 Å². The predicted octanol–water partition coefficient (Wildman–Crippen LogP) is 4.09. The van der Waals surface area contributed by atoms with E-state index in [9.17, 15) is 0 Å². The molecule has 2 unspecified atom stereocenters. The van der Waals surface area contributed by atoms with Crippen molar-refractivity contribution in [3.05, 3.63) is 30.3 Å². The lowest BCUT2D eigenvalue weighted by Gasteiger charge is -2.35. The van der Waals surface area contributed by atoms with E-state index in [0.29, 0.717) is 10.9 Å². The van der Waals surface area contributed by atoms with Crippen LogP contribution in [0.4, 0.5) is 0 Å². The highest BCUT2D eigenvalue weighted by Crippen LogP contribution is 2.27. The molecule has 0 amide bonds. The zero-order valence-corrected chi connectivity index (χ0v) is 13.3. The van der Waals surface area contributed by atoms with Crippen LogP contribution in [0, 0.1) is 0 Å². The van der Waals surface area contributed by atoms with Crippen molar-refractivity contribution in [1.29, 1.82) is 0 Å². The molecule has 0 spiro atoms. The molecule has 3 heteroatoms. The minimum Gasteiger partial charge on any atom is -0.494 e. The molecule has 2 rings (SSSR count). The Balaban J connectivity index is 1.65.